The lowest BCUT2D eigenvalue weighted by molar-refractivity contribution is 0.404. The molecule has 0 radical (unpaired) electrons. The van der Waals surface area contributed by atoms with E-state index in [9.17, 15) is 0 Å². The van der Waals surface area contributed by atoms with Crippen LogP contribution in [0.15, 0.2) is 66.2 Å². The van der Waals surface area contributed by atoms with E-state index in [1.165, 1.54) is 16.7 Å². The van der Waals surface area contributed by atoms with Gasteiger partial charge in [-0.25, -0.2) is 0 Å². The molecule has 2 aromatic carbocycles. The lowest BCUT2D eigenvalue weighted by atomic mass is 9.88. The third-order valence-electron chi connectivity index (χ3n) is 4.03. The second-order valence-corrected chi connectivity index (χ2v) is 5.56. The van der Waals surface area contributed by atoms with Crippen molar-refractivity contribution in [3.05, 3.63) is 77.4 Å². The van der Waals surface area contributed by atoms with Crippen LogP contribution in [-0.2, 0) is 0 Å². The predicted octanol–water partition coefficient (Wildman–Crippen LogP) is 4.54. The van der Waals surface area contributed by atoms with Gasteiger partial charge in [-0.2, -0.15) is 0 Å². The first-order chi connectivity index (χ1) is 10.4. The van der Waals surface area contributed by atoms with Gasteiger partial charge in [-0.05, 0) is 29.5 Å². The predicted molar refractivity (Wildman–Crippen MR) is 93.4 cm³/mol. The number of nitrogens with zero attached hydrogens (tertiary/aromatic N) is 1. The molecule has 2 heteroatoms. The van der Waals surface area contributed by atoms with Gasteiger partial charge in [0.25, 0.3) is 0 Å². The molecule has 0 N–H and O–H groups in total. The zero-order valence-corrected chi connectivity index (χ0v) is 12.9. The van der Waals surface area contributed by atoms with Crippen LogP contribution in [0.3, 0.4) is 0 Å². The Labute approximate surface area is 131 Å². The van der Waals surface area contributed by atoms with Crippen molar-refractivity contribution in [2.45, 2.75) is 12.8 Å². The number of piperidine rings is 1. The van der Waals surface area contributed by atoms with Gasteiger partial charge in [-0.3, -0.25) is 0 Å². The Morgan fingerprint density at radius 3 is 1.71 bits per heavy atom. The van der Waals surface area contributed by atoms with Crippen molar-refractivity contribution in [2.75, 3.05) is 13.1 Å². The molecule has 0 atom stereocenters. The van der Waals surface area contributed by atoms with Crippen molar-refractivity contribution < 1.29 is 0 Å². The summed E-state index contributed by atoms with van der Waals surface area (Å²) in [6, 6.07) is 21.5. The molecule has 0 amide bonds. The van der Waals surface area contributed by atoms with Gasteiger partial charge in [0.2, 0.25) is 0 Å². The third-order valence-corrected chi connectivity index (χ3v) is 4.33. The minimum Gasteiger partial charge on any atom is -0.368 e. The van der Waals surface area contributed by atoms with Crippen LogP contribution in [0.5, 0.6) is 0 Å². The molecule has 1 heterocycles. The highest BCUT2D eigenvalue weighted by atomic mass is 32.1. The number of hydrogen-bond acceptors (Lipinski definition) is 1. The summed E-state index contributed by atoms with van der Waals surface area (Å²) < 4.78 is 0. The lowest BCUT2D eigenvalue weighted by Crippen LogP contribution is -2.29. The molecular weight excluding hydrogens is 274 g/mol. The number of likely N-dealkylation sites (tertiary alicyclic amines) is 1. The second-order valence-electron chi connectivity index (χ2n) is 5.35. The van der Waals surface area contributed by atoms with Crippen molar-refractivity contribution in [1.29, 1.82) is 0 Å². The van der Waals surface area contributed by atoms with Crippen LogP contribution < -0.4 is 0 Å². The summed E-state index contributed by atoms with van der Waals surface area (Å²) in [6.07, 6.45) is 2.18. The molecule has 0 aromatic heterocycles. The van der Waals surface area contributed by atoms with E-state index in [-0.39, 0.29) is 0 Å². The highest BCUT2D eigenvalue weighted by Gasteiger charge is 2.17. The summed E-state index contributed by atoms with van der Waals surface area (Å²) in [4.78, 5) is 2.23. The number of rotatable bonds is 3. The van der Waals surface area contributed by atoms with Crippen LogP contribution in [0.2, 0.25) is 0 Å². The summed E-state index contributed by atoms with van der Waals surface area (Å²) >= 11 is 5.05. The topological polar surface area (TPSA) is 3.24 Å². The smallest absolute Gasteiger partial charge is 0.0641 e. The fourth-order valence-electron chi connectivity index (χ4n) is 2.93. The Morgan fingerprint density at radius 1 is 0.810 bits per heavy atom. The van der Waals surface area contributed by atoms with Gasteiger partial charge in [0.15, 0.2) is 0 Å². The van der Waals surface area contributed by atoms with E-state index >= 15 is 0 Å². The number of benzene rings is 2. The van der Waals surface area contributed by atoms with Crippen molar-refractivity contribution >= 4 is 23.3 Å². The van der Waals surface area contributed by atoms with Gasteiger partial charge >= 0.3 is 0 Å². The molecular formula is C19H19NS. The van der Waals surface area contributed by atoms with Gasteiger partial charge in [-0.15, -0.1) is 0 Å². The van der Waals surface area contributed by atoms with Crippen molar-refractivity contribution in [3.63, 3.8) is 0 Å². The Bertz CT molecular complexity index is 580. The summed E-state index contributed by atoms with van der Waals surface area (Å²) in [6.45, 7) is 2.06. The maximum absolute atomic E-state index is 5.05. The molecule has 1 saturated heterocycles. The Hall–Kier alpha value is -1.93. The van der Waals surface area contributed by atoms with E-state index in [0.717, 1.165) is 25.9 Å². The van der Waals surface area contributed by atoms with Crippen LogP contribution in [0, 0.1) is 0 Å². The molecule has 3 rings (SSSR count). The Morgan fingerprint density at radius 2 is 1.29 bits per heavy atom. The van der Waals surface area contributed by atoms with E-state index in [1.54, 1.807) is 11.1 Å². The van der Waals surface area contributed by atoms with Crippen molar-refractivity contribution in [1.82, 2.24) is 4.90 Å². The molecule has 0 unspecified atom stereocenters. The fraction of sp³-hybridized carbons (Fsp3) is 0.211. The molecule has 1 aliphatic rings. The SMILES string of the molecule is S=CN1CCC(=C(c2ccccc2)c2ccccc2)CC1. The number of thiocarbonyl (C=S) groups is 1. The standard InChI is InChI=1S/C19H19NS/c21-15-20-13-11-18(12-14-20)19(16-7-3-1-4-8-16)17-9-5-2-6-10-17/h1-10,15H,11-14H2. The number of hydrogen-bond donors (Lipinski definition) is 0. The molecule has 1 nitrogen and oxygen atoms in total. The third kappa shape index (κ3) is 3.22. The van der Waals surface area contributed by atoms with E-state index in [0.29, 0.717) is 0 Å². The molecule has 1 aliphatic heterocycles. The molecule has 21 heavy (non-hydrogen) atoms. The zero-order valence-electron chi connectivity index (χ0n) is 12.0. The van der Waals surface area contributed by atoms with Gasteiger partial charge in [0.05, 0.1) is 5.49 Å². The summed E-state index contributed by atoms with van der Waals surface area (Å²) in [5.41, 5.74) is 7.37. The highest BCUT2D eigenvalue weighted by molar-refractivity contribution is 7.78. The average molecular weight is 293 g/mol. The van der Waals surface area contributed by atoms with Crippen molar-refractivity contribution in [2.24, 2.45) is 0 Å². The van der Waals surface area contributed by atoms with Gasteiger partial charge in [0.1, 0.15) is 0 Å². The van der Waals surface area contributed by atoms with E-state index in [4.69, 9.17) is 12.2 Å². The first kappa shape index (κ1) is 14.0. The minimum atomic E-state index is 1.03. The van der Waals surface area contributed by atoms with E-state index < -0.39 is 0 Å². The monoisotopic (exact) mass is 293 g/mol. The average Bonchev–Trinajstić information content (AvgIpc) is 2.58. The summed E-state index contributed by atoms with van der Waals surface area (Å²) in [5.74, 6) is 0. The van der Waals surface area contributed by atoms with Crippen molar-refractivity contribution in [3.8, 4) is 0 Å². The van der Waals surface area contributed by atoms with Crippen LogP contribution in [0.25, 0.3) is 5.57 Å². The van der Waals surface area contributed by atoms with Gasteiger partial charge in [0, 0.05) is 13.1 Å². The van der Waals surface area contributed by atoms with Crippen LogP contribution >= 0.6 is 12.2 Å². The molecule has 0 spiro atoms. The molecule has 0 bridgehead atoms. The quantitative estimate of drug-likeness (QED) is 0.764. The van der Waals surface area contributed by atoms with Crippen LogP contribution in [-0.4, -0.2) is 23.5 Å². The van der Waals surface area contributed by atoms with Gasteiger partial charge < -0.3 is 4.90 Å². The molecule has 2 aromatic rings. The highest BCUT2D eigenvalue weighted by Crippen LogP contribution is 2.31. The minimum absolute atomic E-state index is 1.03. The van der Waals surface area contributed by atoms with Crippen LogP contribution in [0.4, 0.5) is 0 Å². The lowest BCUT2D eigenvalue weighted by Gasteiger charge is -2.28. The fourth-order valence-corrected chi connectivity index (χ4v) is 3.14. The normalized spacial score (nSPS) is 14.9. The summed E-state index contributed by atoms with van der Waals surface area (Å²) in [7, 11) is 0. The zero-order chi connectivity index (χ0) is 14.5. The second kappa shape index (κ2) is 6.68. The van der Waals surface area contributed by atoms with E-state index in [2.05, 4.69) is 65.6 Å². The van der Waals surface area contributed by atoms with Crippen LogP contribution in [0.1, 0.15) is 24.0 Å². The molecule has 1 fully saturated rings. The molecule has 0 aliphatic carbocycles. The summed E-state index contributed by atoms with van der Waals surface area (Å²) in [5, 5.41) is 0. The maximum atomic E-state index is 5.05. The Kier molecular flexibility index (Phi) is 4.46. The Balaban J connectivity index is 2.03. The van der Waals surface area contributed by atoms with E-state index in [1.807, 2.05) is 0 Å². The molecule has 0 saturated carbocycles. The largest absolute Gasteiger partial charge is 0.368 e. The molecule has 106 valence electrons. The van der Waals surface area contributed by atoms with Gasteiger partial charge in [-0.1, -0.05) is 78.5 Å². The first-order valence-corrected chi connectivity index (χ1v) is 7.88. The first-order valence-electron chi connectivity index (χ1n) is 7.40. The maximum Gasteiger partial charge on any atom is 0.0641 e.